The summed E-state index contributed by atoms with van der Waals surface area (Å²) >= 11 is 1.29. The van der Waals surface area contributed by atoms with Crippen molar-refractivity contribution in [1.82, 2.24) is 4.98 Å². The van der Waals surface area contributed by atoms with Crippen molar-refractivity contribution in [3.8, 4) is 11.8 Å². The Morgan fingerprint density at radius 2 is 2.53 bits per heavy atom. The Morgan fingerprint density at radius 1 is 1.73 bits per heavy atom. The summed E-state index contributed by atoms with van der Waals surface area (Å²) in [6, 6.07) is 0. The van der Waals surface area contributed by atoms with Gasteiger partial charge in [0.2, 0.25) is 0 Å². The van der Waals surface area contributed by atoms with Gasteiger partial charge in [-0.05, 0) is 6.92 Å². The molecule has 1 N–H and O–H groups in total. The number of aromatic nitrogens is 1. The van der Waals surface area contributed by atoms with Crippen LogP contribution in [-0.2, 0) is 4.74 Å². The van der Waals surface area contributed by atoms with Gasteiger partial charge in [-0.1, -0.05) is 11.8 Å². The lowest BCUT2D eigenvalue weighted by molar-refractivity contribution is 0.0520. The predicted molar refractivity (Wildman–Crippen MR) is 56.7 cm³/mol. The van der Waals surface area contributed by atoms with Crippen molar-refractivity contribution >= 4 is 17.3 Å². The molecule has 0 bridgehead atoms. The van der Waals surface area contributed by atoms with Gasteiger partial charge in [-0.15, -0.1) is 11.3 Å². The first-order chi connectivity index (χ1) is 7.29. The number of aliphatic hydroxyl groups excluding tert-OH is 1. The molecule has 15 heavy (non-hydrogen) atoms. The van der Waals surface area contributed by atoms with E-state index in [1.165, 1.54) is 11.3 Å². The number of ether oxygens (including phenoxy) is 1. The molecule has 5 heteroatoms. The predicted octanol–water partition coefficient (Wildman–Crippen LogP) is 1.05. The third-order valence-corrected chi connectivity index (χ3v) is 2.22. The van der Waals surface area contributed by atoms with Gasteiger partial charge < -0.3 is 9.84 Å². The Kier molecular flexibility index (Phi) is 4.81. The highest BCUT2D eigenvalue weighted by Crippen LogP contribution is 2.12. The van der Waals surface area contributed by atoms with E-state index in [0.717, 1.165) is 0 Å². The first-order valence-corrected chi connectivity index (χ1v) is 5.38. The second-order valence-corrected chi connectivity index (χ2v) is 3.38. The second-order valence-electron chi connectivity index (χ2n) is 2.53. The van der Waals surface area contributed by atoms with E-state index < -0.39 is 5.97 Å². The van der Waals surface area contributed by atoms with E-state index in [1.807, 2.05) is 0 Å². The monoisotopic (exact) mass is 225 g/mol. The Morgan fingerprint density at radius 3 is 3.20 bits per heavy atom. The Balaban J connectivity index is 2.78. The van der Waals surface area contributed by atoms with E-state index in [1.54, 1.807) is 12.4 Å². The lowest BCUT2D eigenvalue weighted by atomic mass is 10.3. The van der Waals surface area contributed by atoms with Gasteiger partial charge in [0.15, 0.2) is 5.69 Å². The zero-order valence-corrected chi connectivity index (χ0v) is 9.13. The zero-order valence-electron chi connectivity index (χ0n) is 8.32. The van der Waals surface area contributed by atoms with Gasteiger partial charge in [-0.25, -0.2) is 9.78 Å². The number of carbonyl (C=O) groups is 1. The first kappa shape index (κ1) is 11.7. The topological polar surface area (TPSA) is 59.4 Å². The molecule has 0 saturated carbocycles. The molecule has 1 aromatic rings. The SMILES string of the molecule is CCOC(=O)c1ncsc1C#CCCO. The molecular weight excluding hydrogens is 214 g/mol. The van der Waals surface area contributed by atoms with Crippen molar-refractivity contribution in [3.05, 3.63) is 16.1 Å². The molecule has 0 aliphatic rings. The number of aliphatic hydroxyl groups is 1. The lowest BCUT2D eigenvalue weighted by Crippen LogP contribution is -2.06. The van der Waals surface area contributed by atoms with Crippen LogP contribution in [0.5, 0.6) is 0 Å². The summed E-state index contributed by atoms with van der Waals surface area (Å²) in [7, 11) is 0. The maximum Gasteiger partial charge on any atom is 0.359 e. The van der Waals surface area contributed by atoms with Gasteiger partial charge in [-0.3, -0.25) is 0 Å². The lowest BCUT2D eigenvalue weighted by Gasteiger charge is -1.97. The molecule has 1 rings (SSSR count). The number of rotatable bonds is 3. The number of nitrogens with zero attached hydrogens (tertiary/aromatic N) is 1. The molecule has 0 atom stereocenters. The maximum absolute atomic E-state index is 11.4. The second kappa shape index (κ2) is 6.17. The van der Waals surface area contributed by atoms with E-state index in [4.69, 9.17) is 9.84 Å². The van der Waals surface area contributed by atoms with Gasteiger partial charge in [0.1, 0.15) is 4.88 Å². The molecule has 80 valence electrons. The quantitative estimate of drug-likeness (QED) is 0.617. The third-order valence-electron chi connectivity index (χ3n) is 1.47. The van der Waals surface area contributed by atoms with Crippen LogP contribution < -0.4 is 0 Å². The van der Waals surface area contributed by atoms with Crippen LogP contribution in [0.4, 0.5) is 0 Å². The molecule has 0 saturated heterocycles. The molecule has 0 amide bonds. The molecule has 4 nitrogen and oxygen atoms in total. The third kappa shape index (κ3) is 3.35. The van der Waals surface area contributed by atoms with Crippen molar-refractivity contribution in [3.63, 3.8) is 0 Å². The molecule has 0 spiro atoms. The molecule has 0 aromatic carbocycles. The Labute approximate surface area is 91.9 Å². The van der Waals surface area contributed by atoms with E-state index in [2.05, 4.69) is 16.8 Å². The fourth-order valence-electron chi connectivity index (χ4n) is 0.878. The van der Waals surface area contributed by atoms with Crippen LogP contribution in [0.15, 0.2) is 5.51 Å². The van der Waals surface area contributed by atoms with E-state index in [-0.39, 0.29) is 12.3 Å². The summed E-state index contributed by atoms with van der Waals surface area (Å²) in [6.07, 6.45) is 0.389. The van der Waals surface area contributed by atoms with Crippen LogP contribution in [0.1, 0.15) is 28.7 Å². The molecule has 1 heterocycles. The van der Waals surface area contributed by atoms with Gasteiger partial charge in [0.25, 0.3) is 0 Å². The van der Waals surface area contributed by atoms with Gasteiger partial charge >= 0.3 is 5.97 Å². The maximum atomic E-state index is 11.4. The molecule has 0 unspecified atom stereocenters. The number of hydrogen-bond acceptors (Lipinski definition) is 5. The minimum absolute atomic E-state index is 0.0144. The van der Waals surface area contributed by atoms with Crippen molar-refractivity contribution < 1.29 is 14.6 Å². The van der Waals surface area contributed by atoms with Crippen molar-refractivity contribution in [2.75, 3.05) is 13.2 Å². The van der Waals surface area contributed by atoms with E-state index in [9.17, 15) is 4.79 Å². The highest BCUT2D eigenvalue weighted by molar-refractivity contribution is 7.10. The van der Waals surface area contributed by atoms with Crippen molar-refractivity contribution in [2.24, 2.45) is 0 Å². The van der Waals surface area contributed by atoms with E-state index >= 15 is 0 Å². The highest BCUT2D eigenvalue weighted by atomic mass is 32.1. The minimum atomic E-state index is -0.452. The highest BCUT2D eigenvalue weighted by Gasteiger charge is 2.13. The smallest absolute Gasteiger partial charge is 0.359 e. The molecular formula is C10H11NO3S. The Bertz CT molecular complexity index is 389. The van der Waals surface area contributed by atoms with E-state index in [0.29, 0.717) is 17.9 Å². The molecule has 0 aliphatic carbocycles. The van der Waals surface area contributed by atoms with Gasteiger partial charge in [0, 0.05) is 6.42 Å². The fourth-order valence-corrected chi connectivity index (χ4v) is 1.52. The van der Waals surface area contributed by atoms with Gasteiger partial charge in [0.05, 0.1) is 18.7 Å². The summed E-state index contributed by atoms with van der Waals surface area (Å²) in [5, 5.41) is 8.55. The largest absolute Gasteiger partial charge is 0.461 e. The first-order valence-electron chi connectivity index (χ1n) is 4.50. The average molecular weight is 225 g/mol. The van der Waals surface area contributed by atoms with Crippen LogP contribution in [0.3, 0.4) is 0 Å². The summed E-state index contributed by atoms with van der Waals surface area (Å²) in [5.74, 6) is 5.06. The number of thiazole rings is 1. The normalized spacial score (nSPS) is 9.20. The average Bonchev–Trinajstić information content (AvgIpc) is 2.67. The summed E-state index contributed by atoms with van der Waals surface area (Å²) < 4.78 is 4.82. The number of esters is 1. The summed E-state index contributed by atoms with van der Waals surface area (Å²) in [4.78, 5) is 15.8. The molecule has 0 aliphatic heterocycles. The molecule has 0 fully saturated rings. The van der Waals surface area contributed by atoms with Crippen LogP contribution >= 0.6 is 11.3 Å². The summed E-state index contributed by atoms with van der Waals surface area (Å²) in [5.41, 5.74) is 1.81. The van der Waals surface area contributed by atoms with Crippen LogP contribution in [0.25, 0.3) is 0 Å². The van der Waals surface area contributed by atoms with Crippen LogP contribution in [-0.4, -0.2) is 29.3 Å². The minimum Gasteiger partial charge on any atom is -0.461 e. The number of carbonyl (C=O) groups excluding carboxylic acids is 1. The zero-order chi connectivity index (χ0) is 11.1. The Hall–Kier alpha value is -1.38. The van der Waals surface area contributed by atoms with Gasteiger partial charge in [-0.2, -0.15) is 0 Å². The molecule has 0 radical (unpaired) electrons. The van der Waals surface area contributed by atoms with Crippen molar-refractivity contribution in [1.29, 1.82) is 0 Å². The number of hydrogen-bond donors (Lipinski definition) is 1. The van der Waals surface area contributed by atoms with Crippen molar-refractivity contribution in [2.45, 2.75) is 13.3 Å². The molecule has 1 aromatic heterocycles. The van der Waals surface area contributed by atoms with Crippen LogP contribution in [0, 0.1) is 11.8 Å². The summed E-state index contributed by atoms with van der Waals surface area (Å²) in [6.45, 7) is 2.07. The fraction of sp³-hybridized carbons (Fsp3) is 0.400. The van der Waals surface area contributed by atoms with Crippen LogP contribution in [0.2, 0.25) is 0 Å². The standard InChI is InChI=1S/C10H11NO3S/c1-2-14-10(13)9-8(15-7-11-9)5-3-4-6-12/h7,12H,2,4,6H2,1H3.